The third-order valence-electron chi connectivity index (χ3n) is 2.74. The SMILES string of the molecule is OCCOCCNCC1Cc2ccccc2S1. The van der Waals surface area contributed by atoms with Gasteiger partial charge in [0.25, 0.3) is 0 Å². The molecule has 0 aliphatic carbocycles. The molecule has 94 valence electrons. The second-order valence-corrected chi connectivity index (χ2v) is 5.43. The van der Waals surface area contributed by atoms with Crippen LogP contribution in [0.5, 0.6) is 0 Å². The van der Waals surface area contributed by atoms with Crippen molar-refractivity contribution < 1.29 is 9.84 Å². The summed E-state index contributed by atoms with van der Waals surface area (Å²) in [6.45, 7) is 3.08. The van der Waals surface area contributed by atoms with Crippen molar-refractivity contribution in [1.82, 2.24) is 5.32 Å². The molecule has 0 fully saturated rings. The molecule has 0 aromatic heterocycles. The molecule has 1 aliphatic rings. The Hall–Kier alpha value is -0.550. The van der Waals surface area contributed by atoms with Crippen LogP contribution in [0.3, 0.4) is 0 Å². The Bertz CT molecular complexity index is 321. The average Bonchev–Trinajstić information content (AvgIpc) is 2.76. The van der Waals surface area contributed by atoms with Gasteiger partial charge in [-0.3, -0.25) is 0 Å². The quantitative estimate of drug-likeness (QED) is 0.719. The average molecular weight is 253 g/mol. The summed E-state index contributed by atoms with van der Waals surface area (Å²) < 4.78 is 5.19. The summed E-state index contributed by atoms with van der Waals surface area (Å²) in [6.07, 6.45) is 1.16. The van der Waals surface area contributed by atoms with Gasteiger partial charge in [0.1, 0.15) is 0 Å². The maximum atomic E-state index is 8.55. The van der Waals surface area contributed by atoms with Crippen LogP contribution in [0.4, 0.5) is 0 Å². The second-order valence-electron chi connectivity index (χ2n) is 4.09. The minimum Gasteiger partial charge on any atom is -0.394 e. The van der Waals surface area contributed by atoms with Gasteiger partial charge in [0, 0.05) is 23.2 Å². The number of hydrogen-bond acceptors (Lipinski definition) is 4. The largest absolute Gasteiger partial charge is 0.394 e. The Labute approximate surface area is 107 Å². The lowest BCUT2D eigenvalue weighted by Gasteiger charge is -2.10. The van der Waals surface area contributed by atoms with Crippen LogP contribution in [-0.4, -0.2) is 43.3 Å². The van der Waals surface area contributed by atoms with Crippen molar-refractivity contribution in [3.8, 4) is 0 Å². The van der Waals surface area contributed by atoms with Gasteiger partial charge >= 0.3 is 0 Å². The summed E-state index contributed by atoms with van der Waals surface area (Å²) in [5, 5.41) is 12.6. The number of benzene rings is 1. The van der Waals surface area contributed by atoms with Gasteiger partial charge < -0.3 is 15.2 Å². The van der Waals surface area contributed by atoms with E-state index in [0.29, 0.717) is 18.5 Å². The zero-order valence-electron chi connectivity index (χ0n) is 9.89. The number of aliphatic hydroxyl groups is 1. The van der Waals surface area contributed by atoms with Gasteiger partial charge in [-0.05, 0) is 18.1 Å². The highest BCUT2D eigenvalue weighted by molar-refractivity contribution is 8.00. The molecule has 0 bridgehead atoms. The van der Waals surface area contributed by atoms with Crippen LogP contribution in [0.2, 0.25) is 0 Å². The van der Waals surface area contributed by atoms with Crippen LogP contribution in [0.15, 0.2) is 29.2 Å². The monoisotopic (exact) mass is 253 g/mol. The van der Waals surface area contributed by atoms with Gasteiger partial charge in [0.15, 0.2) is 0 Å². The lowest BCUT2D eigenvalue weighted by molar-refractivity contribution is 0.0940. The van der Waals surface area contributed by atoms with Crippen LogP contribution in [-0.2, 0) is 11.2 Å². The molecule has 0 amide bonds. The maximum absolute atomic E-state index is 8.55. The molecular weight excluding hydrogens is 234 g/mol. The van der Waals surface area contributed by atoms with Crippen LogP contribution in [0.25, 0.3) is 0 Å². The summed E-state index contributed by atoms with van der Waals surface area (Å²) in [4.78, 5) is 1.43. The zero-order chi connectivity index (χ0) is 11.9. The topological polar surface area (TPSA) is 41.5 Å². The summed E-state index contributed by atoms with van der Waals surface area (Å²) in [5.41, 5.74) is 1.47. The fraction of sp³-hybridized carbons (Fsp3) is 0.538. The number of ether oxygens (including phenoxy) is 1. The standard InChI is InChI=1S/C13H19NO2S/c15-6-8-16-7-5-14-10-12-9-11-3-1-2-4-13(11)17-12/h1-4,12,14-15H,5-10H2. The Morgan fingerprint density at radius 1 is 1.35 bits per heavy atom. The van der Waals surface area contributed by atoms with E-state index in [4.69, 9.17) is 9.84 Å². The summed E-state index contributed by atoms with van der Waals surface area (Å²) in [6, 6.07) is 8.62. The highest BCUT2D eigenvalue weighted by Gasteiger charge is 2.20. The highest BCUT2D eigenvalue weighted by Crippen LogP contribution is 2.36. The fourth-order valence-electron chi connectivity index (χ4n) is 1.94. The van der Waals surface area contributed by atoms with E-state index in [0.717, 1.165) is 19.5 Å². The molecule has 1 aromatic rings. The van der Waals surface area contributed by atoms with Crippen LogP contribution < -0.4 is 5.32 Å². The number of fused-ring (bicyclic) bond motifs is 1. The summed E-state index contributed by atoms with van der Waals surface area (Å²) in [7, 11) is 0. The third kappa shape index (κ3) is 4.00. The third-order valence-corrected chi connectivity index (χ3v) is 4.06. The minimum absolute atomic E-state index is 0.105. The Balaban J connectivity index is 1.60. The lowest BCUT2D eigenvalue weighted by Crippen LogP contribution is -2.27. The van der Waals surface area contributed by atoms with Crippen LogP contribution in [0, 0.1) is 0 Å². The predicted molar refractivity (Wildman–Crippen MR) is 70.6 cm³/mol. The molecule has 3 nitrogen and oxygen atoms in total. The number of hydrogen-bond donors (Lipinski definition) is 2. The van der Waals surface area contributed by atoms with Crippen molar-refractivity contribution in [2.45, 2.75) is 16.6 Å². The molecule has 1 aliphatic heterocycles. The van der Waals surface area contributed by atoms with Gasteiger partial charge in [-0.1, -0.05) is 18.2 Å². The van der Waals surface area contributed by atoms with Crippen LogP contribution in [0.1, 0.15) is 5.56 Å². The first kappa shape index (κ1) is 12.9. The molecule has 0 spiro atoms. The molecule has 1 unspecified atom stereocenters. The second kappa shape index (κ2) is 7.01. The van der Waals surface area contributed by atoms with E-state index in [2.05, 4.69) is 29.6 Å². The molecule has 2 rings (SSSR count). The van der Waals surface area contributed by atoms with E-state index in [9.17, 15) is 0 Å². The number of thioether (sulfide) groups is 1. The minimum atomic E-state index is 0.105. The molecule has 17 heavy (non-hydrogen) atoms. The van der Waals surface area contributed by atoms with Crippen molar-refractivity contribution >= 4 is 11.8 Å². The number of nitrogens with one attached hydrogen (secondary N) is 1. The Morgan fingerprint density at radius 3 is 3.06 bits per heavy atom. The molecular formula is C13H19NO2S. The summed E-state index contributed by atoms with van der Waals surface area (Å²) in [5.74, 6) is 0. The Morgan fingerprint density at radius 2 is 2.24 bits per heavy atom. The van der Waals surface area contributed by atoms with Gasteiger partial charge in [-0.15, -0.1) is 11.8 Å². The molecule has 2 N–H and O–H groups in total. The summed E-state index contributed by atoms with van der Waals surface area (Å²) >= 11 is 1.96. The molecule has 0 saturated heterocycles. The maximum Gasteiger partial charge on any atom is 0.0698 e. The van der Waals surface area contributed by atoms with Crippen molar-refractivity contribution in [3.05, 3.63) is 29.8 Å². The lowest BCUT2D eigenvalue weighted by atomic mass is 10.1. The molecule has 0 saturated carbocycles. The van der Waals surface area contributed by atoms with E-state index < -0.39 is 0 Å². The first-order valence-corrected chi connectivity index (χ1v) is 6.92. The molecule has 4 heteroatoms. The van der Waals surface area contributed by atoms with Crippen molar-refractivity contribution in [2.75, 3.05) is 32.9 Å². The number of rotatable bonds is 7. The molecule has 1 aromatic carbocycles. The van der Waals surface area contributed by atoms with Gasteiger partial charge in [-0.2, -0.15) is 0 Å². The van der Waals surface area contributed by atoms with E-state index in [1.165, 1.54) is 10.5 Å². The first-order valence-electron chi connectivity index (χ1n) is 6.04. The van der Waals surface area contributed by atoms with E-state index in [-0.39, 0.29) is 6.61 Å². The van der Waals surface area contributed by atoms with Crippen LogP contribution >= 0.6 is 11.8 Å². The predicted octanol–water partition coefficient (Wildman–Crippen LogP) is 1.30. The smallest absolute Gasteiger partial charge is 0.0698 e. The van der Waals surface area contributed by atoms with E-state index in [1.54, 1.807) is 0 Å². The fourth-order valence-corrected chi connectivity index (χ4v) is 3.22. The van der Waals surface area contributed by atoms with Crippen molar-refractivity contribution in [2.24, 2.45) is 0 Å². The zero-order valence-corrected chi connectivity index (χ0v) is 10.7. The molecule has 0 radical (unpaired) electrons. The Kier molecular flexibility index (Phi) is 5.32. The number of aliphatic hydroxyl groups excluding tert-OH is 1. The van der Waals surface area contributed by atoms with Gasteiger partial charge in [0.2, 0.25) is 0 Å². The molecule has 1 atom stereocenters. The van der Waals surface area contributed by atoms with E-state index >= 15 is 0 Å². The van der Waals surface area contributed by atoms with Gasteiger partial charge in [0.05, 0.1) is 19.8 Å². The first-order chi connectivity index (χ1) is 8.40. The van der Waals surface area contributed by atoms with Crippen molar-refractivity contribution in [1.29, 1.82) is 0 Å². The van der Waals surface area contributed by atoms with E-state index in [1.807, 2.05) is 11.8 Å². The highest BCUT2D eigenvalue weighted by atomic mass is 32.2. The molecule has 1 heterocycles. The van der Waals surface area contributed by atoms with Crippen molar-refractivity contribution in [3.63, 3.8) is 0 Å². The normalized spacial score (nSPS) is 18.3. The van der Waals surface area contributed by atoms with Gasteiger partial charge in [-0.25, -0.2) is 0 Å².